The summed E-state index contributed by atoms with van der Waals surface area (Å²) in [6.07, 6.45) is -2.35. The monoisotopic (exact) mass is 288 g/mol. The smallest absolute Gasteiger partial charge is 0.346 e. The Balaban J connectivity index is 2.69. The molecule has 17 heavy (non-hydrogen) atoms. The highest BCUT2D eigenvalue weighted by molar-refractivity contribution is 6.99. The average molecular weight is 289 g/mol. The summed E-state index contributed by atoms with van der Waals surface area (Å²) in [5.41, 5.74) is 2.33. The number of alkyl halides is 3. The van der Waals surface area contributed by atoms with Gasteiger partial charge in [0.1, 0.15) is 0 Å². The molecule has 0 saturated heterocycles. The van der Waals surface area contributed by atoms with Gasteiger partial charge < -0.3 is 9.07 Å². The number of hydrogen-bond donors (Lipinski definition) is 0. The van der Waals surface area contributed by atoms with E-state index < -0.39 is 39.8 Å². The van der Waals surface area contributed by atoms with Crippen molar-refractivity contribution in [3.8, 4) is 0 Å². The molecule has 90 valence electrons. The van der Waals surface area contributed by atoms with Crippen molar-refractivity contribution in [2.75, 3.05) is 0 Å². The largest absolute Gasteiger partial charge is 0.498 e. The van der Waals surface area contributed by atoms with E-state index in [1.54, 1.807) is 0 Å². The summed E-state index contributed by atoms with van der Waals surface area (Å²) >= 11 is -0.425. The van der Waals surface area contributed by atoms with Crippen LogP contribution in [0.5, 0.6) is 0 Å². The Morgan fingerprint density at radius 3 is 2.35 bits per heavy atom. The van der Waals surface area contributed by atoms with E-state index in [-0.39, 0.29) is 0 Å². The van der Waals surface area contributed by atoms with E-state index in [0.717, 1.165) is 21.9 Å². The van der Waals surface area contributed by atoms with Gasteiger partial charge in [0.2, 0.25) is 0 Å². The van der Waals surface area contributed by atoms with Crippen LogP contribution in [0.2, 0.25) is 10.7 Å². The molecule has 1 rings (SSSR count). The van der Waals surface area contributed by atoms with E-state index in [4.69, 9.17) is 9.07 Å². The zero-order valence-electron chi connectivity index (χ0n) is 9.47. The van der Waals surface area contributed by atoms with Crippen molar-refractivity contribution in [1.29, 1.82) is 0 Å². The van der Waals surface area contributed by atoms with Gasteiger partial charge in [0.05, 0.1) is 5.56 Å². The summed E-state index contributed by atoms with van der Waals surface area (Å²) in [7, 11) is 4.87. The summed E-state index contributed by atoms with van der Waals surface area (Å²) in [6.45, 7) is 2.19. The maximum atomic E-state index is 12.3. The lowest BCUT2D eigenvalue weighted by molar-refractivity contribution is -0.137. The Morgan fingerprint density at radius 1 is 1.29 bits per heavy atom. The molecule has 0 aliphatic heterocycles. The first-order chi connectivity index (χ1) is 7.93. The van der Waals surface area contributed by atoms with Crippen molar-refractivity contribution in [1.82, 2.24) is 0 Å². The second-order valence-corrected chi connectivity index (χ2v) is 10.1. The van der Waals surface area contributed by atoms with Gasteiger partial charge in [-0.2, -0.15) is 13.2 Å². The number of rotatable bonds is 4. The minimum absolute atomic E-state index is 0.425. The maximum Gasteiger partial charge on any atom is 0.498 e. The summed E-state index contributed by atoms with van der Waals surface area (Å²) < 4.78 is 38.1. The van der Waals surface area contributed by atoms with Crippen LogP contribution in [0.1, 0.15) is 11.1 Å². The molecular weight excluding hydrogens is 277 g/mol. The van der Waals surface area contributed by atoms with E-state index in [1.807, 2.05) is 6.08 Å². The molecule has 0 nitrogen and oxygen atoms in total. The average Bonchev–Trinajstić information content (AvgIpc) is 2.26. The topological polar surface area (TPSA) is 0 Å². The molecule has 0 radical (unpaired) electrons. The lowest BCUT2D eigenvalue weighted by Gasteiger charge is -2.06. The van der Waals surface area contributed by atoms with Crippen LogP contribution in [-0.4, -0.2) is 28.1 Å². The molecule has 1 unspecified atom stereocenters. The van der Waals surface area contributed by atoms with Gasteiger partial charge in [-0.25, -0.2) is 0 Å². The lowest BCUT2D eigenvalue weighted by Crippen LogP contribution is -2.05. The van der Waals surface area contributed by atoms with Gasteiger partial charge in [-0.15, -0.1) is 4.17 Å². The minimum Gasteiger partial charge on any atom is -0.346 e. The van der Waals surface area contributed by atoms with Gasteiger partial charge in [0.25, 0.3) is 0 Å². The molecule has 1 atom stereocenters. The SMILES string of the molecule is C[SiH](C=Cc1ccc(C(F)(F)F)cc1)[CH2][Mg][Cl]. The van der Waals surface area contributed by atoms with Crippen molar-refractivity contribution >= 4 is 43.2 Å². The predicted octanol–water partition coefficient (Wildman–Crippen LogP) is 3.93. The predicted molar refractivity (Wildman–Crippen MR) is 69.9 cm³/mol. The van der Waals surface area contributed by atoms with Gasteiger partial charge in [-0.05, 0) is 17.7 Å². The molecule has 0 heterocycles. The highest BCUT2D eigenvalue weighted by Crippen LogP contribution is 2.29. The molecule has 0 N–H and O–H groups in total. The molecule has 6 heteroatoms. The van der Waals surface area contributed by atoms with E-state index >= 15 is 0 Å². The first-order valence-electron chi connectivity index (χ1n) is 5.35. The van der Waals surface area contributed by atoms with Crippen LogP contribution in [0.15, 0.2) is 30.0 Å². The molecule has 0 amide bonds. The van der Waals surface area contributed by atoms with Crippen LogP contribution in [0, 0.1) is 0 Å². The van der Waals surface area contributed by atoms with Gasteiger partial charge in [0, 0.05) is 8.80 Å². The Labute approximate surface area is 114 Å². The molecule has 0 spiro atoms. The van der Waals surface area contributed by atoms with Gasteiger partial charge >= 0.3 is 25.4 Å². The minimum atomic E-state index is -4.26. The van der Waals surface area contributed by atoms with Crippen LogP contribution >= 0.6 is 9.07 Å². The fraction of sp³-hybridized carbons (Fsp3) is 0.273. The van der Waals surface area contributed by atoms with Gasteiger partial charge in [-0.3, -0.25) is 0 Å². The van der Waals surface area contributed by atoms with Gasteiger partial charge in [-0.1, -0.05) is 30.5 Å². The Morgan fingerprint density at radius 2 is 1.88 bits per heavy atom. The van der Waals surface area contributed by atoms with Crippen molar-refractivity contribution in [3.63, 3.8) is 0 Å². The zero-order chi connectivity index (χ0) is 12.9. The van der Waals surface area contributed by atoms with Crippen molar-refractivity contribution < 1.29 is 13.2 Å². The van der Waals surface area contributed by atoms with Crippen LogP contribution in [0.25, 0.3) is 6.08 Å². The van der Waals surface area contributed by atoms with Crippen LogP contribution in [-0.2, 0) is 6.18 Å². The molecule has 0 fully saturated rings. The molecule has 1 aromatic rings. The zero-order valence-corrected chi connectivity index (χ0v) is 12.8. The highest BCUT2D eigenvalue weighted by Gasteiger charge is 2.29. The second kappa shape index (κ2) is 6.82. The molecule has 1 aromatic carbocycles. The maximum absolute atomic E-state index is 12.3. The highest BCUT2D eigenvalue weighted by atomic mass is 35.5. The van der Waals surface area contributed by atoms with E-state index in [1.165, 1.54) is 12.1 Å². The molecule has 0 bridgehead atoms. The molecule has 0 aliphatic rings. The van der Waals surface area contributed by atoms with E-state index in [9.17, 15) is 13.2 Å². The second-order valence-electron chi connectivity index (χ2n) is 3.93. The Kier molecular flexibility index (Phi) is 6.05. The van der Waals surface area contributed by atoms with Crippen LogP contribution < -0.4 is 0 Å². The summed E-state index contributed by atoms with van der Waals surface area (Å²) in [5, 5.41) is 0. The number of halogens is 4. The fourth-order valence-electron chi connectivity index (χ4n) is 1.33. The van der Waals surface area contributed by atoms with E-state index in [0.29, 0.717) is 0 Å². The Hall–Kier alpha value is 0.0231. The summed E-state index contributed by atoms with van der Waals surface area (Å²) in [4.78, 5) is 0. The van der Waals surface area contributed by atoms with Crippen molar-refractivity contribution in [2.24, 2.45) is 0 Å². The van der Waals surface area contributed by atoms with Gasteiger partial charge in [0.15, 0.2) is 0 Å². The molecule has 0 aliphatic carbocycles. The van der Waals surface area contributed by atoms with Crippen LogP contribution in [0.4, 0.5) is 13.2 Å². The first-order valence-corrected chi connectivity index (χ1v) is 11.1. The number of benzene rings is 1. The third-order valence-electron chi connectivity index (χ3n) is 2.42. The number of hydrogen-bond acceptors (Lipinski definition) is 0. The first kappa shape index (κ1) is 15.1. The third-order valence-corrected chi connectivity index (χ3v) is 9.75. The fourth-order valence-corrected chi connectivity index (χ4v) is 7.12. The Bertz CT molecular complexity index is 375. The van der Waals surface area contributed by atoms with Crippen LogP contribution in [0.3, 0.4) is 0 Å². The van der Waals surface area contributed by atoms with Crippen molar-refractivity contribution in [2.45, 2.75) is 16.9 Å². The quantitative estimate of drug-likeness (QED) is 0.737. The third kappa shape index (κ3) is 5.46. The van der Waals surface area contributed by atoms with E-state index in [2.05, 4.69) is 12.2 Å². The van der Waals surface area contributed by atoms with Crippen molar-refractivity contribution in [3.05, 3.63) is 41.1 Å². The lowest BCUT2D eigenvalue weighted by atomic mass is 10.1. The normalized spacial score (nSPS) is 13.7. The standard InChI is InChI=1S/C11H12F3Si.ClH.Mg/c1-15(2)8-7-9-3-5-10(6-4-9)11(12,13)14;;/h3-8,15H,1H2,2H3;1H;/q;;+1/p-1. The summed E-state index contributed by atoms with van der Waals surface area (Å²) in [6, 6.07) is 5.22. The molecule has 0 saturated carbocycles. The molecule has 0 aromatic heterocycles. The molecular formula is C11H12ClF3MgSi. The summed E-state index contributed by atoms with van der Waals surface area (Å²) in [5.74, 6) is 0.